The first kappa shape index (κ1) is 14.3. The van der Waals surface area contributed by atoms with Crippen LogP contribution < -0.4 is 5.73 Å². The second-order valence-electron chi connectivity index (χ2n) is 4.61. The van der Waals surface area contributed by atoms with Gasteiger partial charge >= 0.3 is 0 Å². The molecular formula is C15H14Cl2FN. The Bertz CT molecular complexity index is 626. The smallest absolute Gasteiger partial charge is 0.142 e. The Morgan fingerprint density at radius 2 is 1.63 bits per heavy atom. The van der Waals surface area contributed by atoms with Crippen molar-refractivity contribution in [2.75, 3.05) is 0 Å². The van der Waals surface area contributed by atoms with Gasteiger partial charge in [-0.3, -0.25) is 0 Å². The van der Waals surface area contributed by atoms with Crippen molar-refractivity contribution in [2.24, 2.45) is 5.73 Å². The van der Waals surface area contributed by atoms with Gasteiger partial charge < -0.3 is 5.73 Å². The fraction of sp³-hybridized carbons (Fsp3) is 0.200. The maximum absolute atomic E-state index is 13.5. The van der Waals surface area contributed by atoms with Crippen LogP contribution in [0.15, 0.2) is 30.3 Å². The van der Waals surface area contributed by atoms with Gasteiger partial charge in [0.05, 0.1) is 11.1 Å². The average molecular weight is 298 g/mol. The van der Waals surface area contributed by atoms with E-state index in [-0.39, 0.29) is 5.02 Å². The van der Waals surface area contributed by atoms with E-state index >= 15 is 0 Å². The van der Waals surface area contributed by atoms with Crippen molar-refractivity contribution in [1.82, 2.24) is 0 Å². The number of rotatable bonds is 2. The summed E-state index contributed by atoms with van der Waals surface area (Å²) in [5.74, 6) is -0.477. The van der Waals surface area contributed by atoms with Crippen LogP contribution in [0.1, 0.15) is 28.3 Å². The quantitative estimate of drug-likeness (QED) is 0.847. The lowest BCUT2D eigenvalue weighted by molar-refractivity contribution is 0.624. The predicted octanol–water partition coefficient (Wildman–Crippen LogP) is 4.80. The van der Waals surface area contributed by atoms with Gasteiger partial charge in [-0.2, -0.15) is 0 Å². The first-order chi connectivity index (χ1) is 8.90. The molecule has 2 rings (SSSR count). The molecule has 0 heterocycles. The molecule has 0 radical (unpaired) electrons. The van der Waals surface area contributed by atoms with Crippen LogP contribution in [0.2, 0.25) is 10.0 Å². The predicted molar refractivity (Wildman–Crippen MR) is 78.4 cm³/mol. The number of aryl methyl sites for hydroxylation is 2. The summed E-state index contributed by atoms with van der Waals surface area (Å²) in [7, 11) is 0. The normalized spacial score (nSPS) is 12.5. The molecule has 0 spiro atoms. The molecule has 1 unspecified atom stereocenters. The van der Waals surface area contributed by atoms with Crippen LogP contribution in [0, 0.1) is 19.7 Å². The number of nitrogens with two attached hydrogens (primary N) is 1. The molecule has 0 bridgehead atoms. The molecule has 0 amide bonds. The van der Waals surface area contributed by atoms with E-state index in [4.69, 9.17) is 28.9 Å². The zero-order chi connectivity index (χ0) is 14.2. The average Bonchev–Trinajstić information content (AvgIpc) is 2.36. The van der Waals surface area contributed by atoms with Crippen molar-refractivity contribution >= 4 is 23.2 Å². The third-order valence-corrected chi connectivity index (χ3v) is 3.88. The maximum atomic E-state index is 13.5. The third-order valence-electron chi connectivity index (χ3n) is 3.25. The van der Waals surface area contributed by atoms with E-state index in [2.05, 4.69) is 0 Å². The van der Waals surface area contributed by atoms with Gasteiger partial charge in [0.2, 0.25) is 0 Å². The van der Waals surface area contributed by atoms with Gasteiger partial charge in [0.15, 0.2) is 0 Å². The van der Waals surface area contributed by atoms with E-state index < -0.39 is 11.9 Å². The fourth-order valence-electron chi connectivity index (χ4n) is 1.93. The summed E-state index contributed by atoms with van der Waals surface area (Å²) >= 11 is 11.9. The van der Waals surface area contributed by atoms with E-state index in [0.717, 1.165) is 16.7 Å². The van der Waals surface area contributed by atoms with Crippen LogP contribution in [0.5, 0.6) is 0 Å². The van der Waals surface area contributed by atoms with E-state index in [9.17, 15) is 4.39 Å². The molecular weight excluding hydrogens is 284 g/mol. The SMILES string of the molecule is Cc1cc(Cl)c(C(N)c2ccc(Cl)c(F)c2)cc1C. The van der Waals surface area contributed by atoms with E-state index in [0.29, 0.717) is 10.6 Å². The van der Waals surface area contributed by atoms with Crippen molar-refractivity contribution in [3.05, 3.63) is 68.4 Å². The van der Waals surface area contributed by atoms with Crippen molar-refractivity contribution in [1.29, 1.82) is 0 Å². The molecule has 2 aromatic rings. The number of halogens is 3. The Morgan fingerprint density at radius 1 is 1.00 bits per heavy atom. The summed E-state index contributed by atoms with van der Waals surface area (Å²) in [6, 6.07) is 7.90. The minimum absolute atomic E-state index is 0.0853. The molecule has 100 valence electrons. The van der Waals surface area contributed by atoms with Crippen molar-refractivity contribution in [3.63, 3.8) is 0 Å². The molecule has 0 aliphatic carbocycles. The lowest BCUT2D eigenvalue weighted by Gasteiger charge is -2.16. The van der Waals surface area contributed by atoms with Crippen molar-refractivity contribution in [2.45, 2.75) is 19.9 Å². The molecule has 0 aromatic heterocycles. The van der Waals surface area contributed by atoms with Gasteiger partial charge in [-0.15, -0.1) is 0 Å². The molecule has 19 heavy (non-hydrogen) atoms. The highest BCUT2D eigenvalue weighted by molar-refractivity contribution is 6.31. The van der Waals surface area contributed by atoms with Crippen LogP contribution in [-0.2, 0) is 0 Å². The molecule has 0 saturated heterocycles. The number of hydrogen-bond acceptors (Lipinski definition) is 1. The van der Waals surface area contributed by atoms with Gasteiger partial charge in [0.1, 0.15) is 5.82 Å². The first-order valence-corrected chi connectivity index (χ1v) is 6.63. The van der Waals surface area contributed by atoms with Gasteiger partial charge in [-0.1, -0.05) is 35.3 Å². The van der Waals surface area contributed by atoms with Gasteiger partial charge in [0, 0.05) is 5.02 Å². The second-order valence-corrected chi connectivity index (χ2v) is 5.42. The van der Waals surface area contributed by atoms with Crippen LogP contribution >= 0.6 is 23.2 Å². The Morgan fingerprint density at radius 3 is 2.26 bits per heavy atom. The van der Waals surface area contributed by atoms with Crippen LogP contribution in [0.3, 0.4) is 0 Å². The van der Waals surface area contributed by atoms with E-state index in [1.54, 1.807) is 6.07 Å². The maximum Gasteiger partial charge on any atom is 0.142 e. The van der Waals surface area contributed by atoms with Crippen LogP contribution in [0.25, 0.3) is 0 Å². The molecule has 2 N–H and O–H groups in total. The number of benzene rings is 2. The second kappa shape index (κ2) is 5.49. The van der Waals surface area contributed by atoms with Crippen LogP contribution in [-0.4, -0.2) is 0 Å². The Kier molecular flexibility index (Phi) is 4.14. The molecule has 0 aliphatic rings. The monoisotopic (exact) mass is 297 g/mol. The lowest BCUT2D eigenvalue weighted by Crippen LogP contribution is -2.13. The summed E-state index contributed by atoms with van der Waals surface area (Å²) < 4.78 is 13.5. The van der Waals surface area contributed by atoms with Gasteiger partial charge in [-0.05, 0) is 54.3 Å². The Hall–Kier alpha value is -1.09. The van der Waals surface area contributed by atoms with Gasteiger partial charge in [-0.25, -0.2) is 4.39 Å². The third kappa shape index (κ3) is 2.92. The largest absolute Gasteiger partial charge is 0.320 e. The Labute approximate surface area is 122 Å². The molecule has 0 aliphatic heterocycles. The highest BCUT2D eigenvalue weighted by atomic mass is 35.5. The summed E-state index contributed by atoms with van der Waals surface area (Å²) in [5.41, 5.74) is 9.79. The topological polar surface area (TPSA) is 26.0 Å². The summed E-state index contributed by atoms with van der Waals surface area (Å²) in [4.78, 5) is 0. The van der Waals surface area contributed by atoms with Gasteiger partial charge in [0.25, 0.3) is 0 Å². The zero-order valence-corrected chi connectivity index (χ0v) is 12.2. The fourth-order valence-corrected chi connectivity index (χ4v) is 2.38. The molecule has 2 aromatic carbocycles. The van der Waals surface area contributed by atoms with Crippen molar-refractivity contribution < 1.29 is 4.39 Å². The highest BCUT2D eigenvalue weighted by Gasteiger charge is 2.15. The molecule has 1 nitrogen and oxygen atoms in total. The molecule has 1 atom stereocenters. The molecule has 0 saturated carbocycles. The zero-order valence-electron chi connectivity index (χ0n) is 10.7. The summed E-state index contributed by atoms with van der Waals surface area (Å²) in [6.07, 6.45) is 0. The lowest BCUT2D eigenvalue weighted by atomic mass is 9.96. The minimum atomic E-state index is -0.477. The van der Waals surface area contributed by atoms with Crippen LogP contribution in [0.4, 0.5) is 4.39 Å². The summed E-state index contributed by atoms with van der Waals surface area (Å²) in [5, 5.41) is 0.674. The highest BCUT2D eigenvalue weighted by Crippen LogP contribution is 2.30. The molecule has 0 fully saturated rings. The summed E-state index contributed by atoms with van der Waals surface area (Å²) in [6.45, 7) is 3.98. The molecule has 4 heteroatoms. The standard InChI is InChI=1S/C15H14Cl2FN/c1-8-5-11(13(17)6-9(8)2)15(19)10-3-4-12(16)14(18)7-10/h3-7,15H,19H2,1-2H3. The van der Waals surface area contributed by atoms with E-state index in [1.807, 2.05) is 26.0 Å². The van der Waals surface area contributed by atoms with E-state index in [1.165, 1.54) is 12.1 Å². The Balaban J connectivity index is 2.46. The first-order valence-electron chi connectivity index (χ1n) is 5.87. The number of hydrogen-bond donors (Lipinski definition) is 1. The minimum Gasteiger partial charge on any atom is -0.320 e. The van der Waals surface area contributed by atoms with Crippen molar-refractivity contribution in [3.8, 4) is 0 Å².